The average Bonchev–Trinajstić information content (AvgIpc) is 3.10. The second-order valence-electron chi connectivity index (χ2n) is 6.78. The van der Waals surface area contributed by atoms with Crippen molar-refractivity contribution in [3.05, 3.63) is 77.9 Å². The predicted octanol–water partition coefficient (Wildman–Crippen LogP) is 4.76. The van der Waals surface area contributed by atoms with E-state index in [4.69, 9.17) is 0 Å². The van der Waals surface area contributed by atoms with Crippen molar-refractivity contribution in [3.8, 4) is 17.2 Å². The summed E-state index contributed by atoms with van der Waals surface area (Å²) in [5.41, 5.74) is 5.39. The molecule has 0 unspecified atom stereocenters. The van der Waals surface area contributed by atoms with Gasteiger partial charge >= 0.3 is 0 Å². The average molecular weight is 367 g/mol. The molecule has 0 saturated carbocycles. The number of nitriles is 1. The van der Waals surface area contributed by atoms with E-state index < -0.39 is 0 Å². The van der Waals surface area contributed by atoms with Crippen LogP contribution >= 0.6 is 0 Å². The summed E-state index contributed by atoms with van der Waals surface area (Å²) < 4.78 is 2.16. The third-order valence-electron chi connectivity index (χ3n) is 4.87. The molecular weight excluding hydrogens is 346 g/mol. The lowest BCUT2D eigenvalue weighted by molar-refractivity contribution is 0.686. The van der Waals surface area contributed by atoms with Crippen LogP contribution in [-0.4, -0.2) is 19.5 Å². The van der Waals surface area contributed by atoms with E-state index in [1.807, 2.05) is 24.3 Å². The van der Waals surface area contributed by atoms with E-state index in [1.165, 1.54) is 5.56 Å². The molecule has 0 aliphatic rings. The Kier molecular flexibility index (Phi) is 5.11. The van der Waals surface area contributed by atoms with Crippen molar-refractivity contribution in [3.63, 3.8) is 0 Å². The van der Waals surface area contributed by atoms with Crippen LogP contribution in [0.1, 0.15) is 36.7 Å². The second-order valence-corrected chi connectivity index (χ2v) is 6.78. The van der Waals surface area contributed by atoms with Gasteiger partial charge in [-0.15, -0.1) is 0 Å². The van der Waals surface area contributed by atoms with Crippen LogP contribution in [0, 0.1) is 11.3 Å². The highest BCUT2D eigenvalue weighted by molar-refractivity contribution is 5.70. The van der Waals surface area contributed by atoms with Crippen molar-refractivity contribution in [2.75, 3.05) is 0 Å². The maximum Gasteiger partial charge on any atom is 0.197 e. The maximum absolute atomic E-state index is 9.33. The Morgan fingerprint density at radius 3 is 2.57 bits per heavy atom. The molecule has 0 spiro atoms. The van der Waals surface area contributed by atoms with Gasteiger partial charge in [0, 0.05) is 18.8 Å². The van der Waals surface area contributed by atoms with Gasteiger partial charge in [-0.1, -0.05) is 55.8 Å². The van der Waals surface area contributed by atoms with E-state index in [9.17, 15) is 5.26 Å². The predicted molar refractivity (Wildman–Crippen MR) is 110 cm³/mol. The molecule has 138 valence electrons. The zero-order chi connectivity index (χ0) is 19.3. The summed E-state index contributed by atoms with van der Waals surface area (Å²) in [5, 5.41) is 9.33. The fourth-order valence-corrected chi connectivity index (χ4v) is 3.39. The summed E-state index contributed by atoms with van der Waals surface area (Å²) in [6, 6.07) is 18.3. The van der Waals surface area contributed by atoms with Crippen LogP contribution < -0.4 is 0 Å². The van der Waals surface area contributed by atoms with Crippen molar-refractivity contribution in [1.29, 1.82) is 5.26 Å². The Bertz CT molecular complexity index is 1140. The first-order chi connectivity index (χ1) is 13.8. The van der Waals surface area contributed by atoms with Crippen molar-refractivity contribution in [2.24, 2.45) is 0 Å². The molecule has 0 bridgehead atoms. The largest absolute Gasteiger partial charge is 0.307 e. The lowest BCUT2D eigenvalue weighted by atomic mass is 9.99. The number of benzene rings is 2. The first-order valence-corrected chi connectivity index (χ1v) is 9.54. The number of hydrogen-bond donors (Lipinski definition) is 0. The Balaban J connectivity index is 1.66. The molecule has 0 aliphatic heterocycles. The summed E-state index contributed by atoms with van der Waals surface area (Å²) in [6.07, 6.45) is 6.53. The molecule has 5 heteroatoms. The number of hydrogen-bond acceptors (Lipinski definition) is 4. The fraction of sp³-hybridized carbons (Fsp3) is 0.217. The Morgan fingerprint density at radius 1 is 1.00 bits per heavy atom. The van der Waals surface area contributed by atoms with Gasteiger partial charge in [0.1, 0.15) is 5.82 Å². The topological polar surface area (TPSA) is 67.4 Å². The van der Waals surface area contributed by atoms with Crippen molar-refractivity contribution in [1.82, 2.24) is 19.5 Å². The maximum atomic E-state index is 9.33. The van der Waals surface area contributed by atoms with Gasteiger partial charge in [-0.3, -0.25) is 0 Å². The molecule has 4 aromatic rings. The number of imidazole rings is 1. The van der Waals surface area contributed by atoms with E-state index in [2.05, 4.69) is 56.8 Å². The Hall–Kier alpha value is -3.52. The number of aryl methyl sites for hydroxylation is 1. The van der Waals surface area contributed by atoms with Crippen molar-refractivity contribution < 1.29 is 0 Å². The molecule has 0 radical (unpaired) electrons. The minimum absolute atomic E-state index is 0.688. The van der Waals surface area contributed by atoms with E-state index in [0.29, 0.717) is 17.8 Å². The molecule has 0 N–H and O–H groups in total. The highest BCUT2D eigenvalue weighted by atomic mass is 15.2. The zero-order valence-corrected chi connectivity index (χ0v) is 15.8. The third kappa shape index (κ3) is 3.49. The molecule has 2 heterocycles. The molecule has 0 atom stereocenters. The lowest BCUT2D eigenvalue weighted by Gasteiger charge is -2.10. The van der Waals surface area contributed by atoms with E-state index in [1.54, 1.807) is 12.4 Å². The number of nitrogens with zero attached hydrogens (tertiary/aromatic N) is 5. The van der Waals surface area contributed by atoms with Gasteiger partial charge in [-0.2, -0.15) is 5.26 Å². The van der Waals surface area contributed by atoms with Gasteiger partial charge in [0.05, 0.1) is 18.2 Å². The SMILES string of the molecule is CCCCc1nc2nccnc2n1Cc1ccc(-c2ccccc2C#N)cc1. The Morgan fingerprint density at radius 2 is 1.79 bits per heavy atom. The van der Waals surface area contributed by atoms with E-state index in [-0.39, 0.29) is 0 Å². The molecule has 0 aliphatic carbocycles. The number of fused-ring (bicyclic) bond motifs is 1. The van der Waals surface area contributed by atoms with E-state index >= 15 is 0 Å². The van der Waals surface area contributed by atoms with Crippen LogP contribution in [-0.2, 0) is 13.0 Å². The van der Waals surface area contributed by atoms with Crippen LogP contribution in [0.15, 0.2) is 60.9 Å². The zero-order valence-electron chi connectivity index (χ0n) is 15.8. The van der Waals surface area contributed by atoms with Crippen LogP contribution in [0.5, 0.6) is 0 Å². The monoisotopic (exact) mass is 367 g/mol. The second kappa shape index (κ2) is 8.01. The van der Waals surface area contributed by atoms with Crippen molar-refractivity contribution in [2.45, 2.75) is 32.7 Å². The van der Waals surface area contributed by atoms with Gasteiger partial charge in [0.25, 0.3) is 0 Å². The molecule has 5 nitrogen and oxygen atoms in total. The van der Waals surface area contributed by atoms with Crippen LogP contribution in [0.3, 0.4) is 0 Å². The molecule has 28 heavy (non-hydrogen) atoms. The summed E-state index contributed by atoms with van der Waals surface area (Å²) in [7, 11) is 0. The molecule has 0 saturated heterocycles. The number of rotatable bonds is 6. The standard InChI is InChI=1S/C23H21N5/c1-2-3-8-21-27-22-23(26-14-13-25-22)28(21)16-17-9-11-18(12-10-17)20-7-5-4-6-19(20)15-24/h4-7,9-14H,2-3,8,16H2,1H3. The van der Waals surface area contributed by atoms with Crippen LogP contribution in [0.25, 0.3) is 22.4 Å². The minimum Gasteiger partial charge on any atom is -0.307 e. The molecule has 2 aromatic heterocycles. The lowest BCUT2D eigenvalue weighted by Crippen LogP contribution is -2.06. The molecule has 0 amide bonds. The minimum atomic E-state index is 0.688. The van der Waals surface area contributed by atoms with Crippen molar-refractivity contribution >= 4 is 11.3 Å². The summed E-state index contributed by atoms with van der Waals surface area (Å²) in [5.74, 6) is 1.03. The first kappa shape index (κ1) is 17.9. The van der Waals surface area contributed by atoms with Gasteiger partial charge in [0.15, 0.2) is 11.3 Å². The van der Waals surface area contributed by atoms with Gasteiger partial charge in [-0.05, 0) is 29.2 Å². The Labute approximate surface area is 164 Å². The third-order valence-corrected chi connectivity index (χ3v) is 4.87. The number of unbranched alkanes of at least 4 members (excludes halogenated alkanes) is 1. The molecule has 4 rings (SSSR count). The first-order valence-electron chi connectivity index (χ1n) is 9.54. The van der Waals surface area contributed by atoms with Gasteiger partial charge in [0.2, 0.25) is 0 Å². The summed E-state index contributed by atoms with van der Waals surface area (Å²) in [4.78, 5) is 13.5. The highest BCUT2D eigenvalue weighted by Crippen LogP contribution is 2.24. The quantitative estimate of drug-likeness (QED) is 0.493. The summed E-state index contributed by atoms with van der Waals surface area (Å²) >= 11 is 0. The molecular formula is C23H21N5. The molecule has 0 fully saturated rings. The van der Waals surface area contributed by atoms with Crippen LogP contribution in [0.2, 0.25) is 0 Å². The van der Waals surface area contributed by atoms with E-state index in [0.717, 1.165) is 41.9 Å². The number of aromatic nitrogens is 4. The fourth-order valence-electron chi connectivity index (χ4n) is 3.39. The normalized spacial score (nSPS) is 10.9. The summed E-state index contributed by atoms with van der Waals surface area (Å²) in [6.45, 7) is 2.88. The van der Waals surface area contributed by atoms with Gasteiger partial charge < -0.3 is 4.57 Å². The van der Waals surface area contributed by atoms with Crippen LogP contribution in [0.4, 0.5) is 0 Å². The van der Waals surface area contributed by atoms with Gasteiger partial charge in [-0.25, -0.2) is 15.0 Å². The molecule has 2 aromatic carbocycles. The highest BCUT2D eigenvalue weighted by Gasteiger charge is 2.13. The smallest absolute Gasteiger partial charge is 0.197 e.